The molecule has 0 aliphatic carbocycles. The van der Waals surface area contributed by atoms with Gasteiger partial charge in [0.15, 0.2) is 0 Å². The average molecular weight is 248 g/mol. The van der Waals surface area contributed by atoms with Crippen LogP contribution in [-0.2, 0) is 10.2 Å². The van der Waals surface area contributed by atoms with Gasteiger partial charge in [-0.25, -0.2) is 0 Å². The fourth-order valence-electron chi connectivity index (χ4n) is 2.48. The Morgan fingerprint density at radius 3 is 2.50 bits per heavy atom. The van der Waals surface area contributed by atoms with E-state index in [1.807, 2.05) is 6.92 Å². The van der Waals surface area contributed by atoms with Crippen LogP contribution in [0.5, 0.6) is 0 Å². The standard InChI is InChI=1S/C10H20N2O3S/c1-9-4-2-3-6-12(9)16(14,15)11-7-5-10(13)8-11/h9-10,13H,2-8H2,1H3/t9?,10-/m0/s1. The minimum absolute atomic E-state index is 0.0940. The van der Waals surface area contributed by atoms with Crippen molar-refractivity contribution in [3.05, 3.63) is 0 Å². The summed E-state index contributed by atoms with van der Waals surface area (Å²) in [5, 5.41) is 9.40. The Hall–Kier alpha value is -0.170. The molecule has 2 aliphatic rings. The fourth-order valence-corrected chi connectivity index (χ4v) is 4.40. The van der Waals surface area contributed by atoms with E-state index in [1.54, 1.807) is 4.31 Å². The number of hydrogen-bond donors (Lipinski definition) is 1. The molecule has 0 amide bonds. The Kier molecular flexibility index (Phi) is 3.53. The first-order chi connectivity index (χ1) is 7.51. The van der Waals surface area contributed by atoms with Gasteiger partial charge in [0.1, 0.15) is 0 Å². The normalized spacial score (nSPS) is 34.4. The third-order valence-corrected chi connectivity index (χ3v) is 5.61. The van der Waals surface area contributed by atoms with E-state index in [9.17, 15) is 13.5 Å². The highest BCUT2D eigenvalue weighted by atomic mass is 32.2. The van der Waals surface area contributed by atoms with Gasteiger partial charge in [0, 0.05) is 25.7 Å². The molecule has 0 spiro atoms. The number of hydrogen-bond acceptors (Lipinski definition) is 3. The summed E-state index contributed by atoms with van der Waals surface area (Å²) < 4.78 is 27.6. The molecular formula is C10H20N2O3S. The van der Waals surface area contributed by atoms with Crippen LogP contribution < -0.4 is 0 Å². The largest absolute Gasteiger partial charge is 0.392 e. The van der Waals surface area contributed by atoms with Crippen molar-refractivity contribution in [2.75, 3.05) is 19.6 Å². The van der Waals surface area contributed by atoms with Crippen LogP contribution in [0.1, 0.15) is 32.6 Å². The molecule has 5 nitrogen and oxygen atoms in total. The van der Waals surface area contributed by atoms with Crippen molar-refractivity contribution in [2.24, 2.45) is 0 Å². The third-order valence-electron chi connectivity index (χ3n) is 3.49. The molecule has 6 heteroatoms. The summed E-state index contributed by atoms with van der Waals surface area (Å²) in [6, 6.07) is 0.0940. The maximum absolute atomic E-state index is 12.3. The van der Waals surface area contributed by atoms with Crippen molar-refractivity contribution >= 4 is 10.2 Å². The van der Waals surface area contributed by atoms with Crippen LogP contribution in [0.3, 0.4) is 0 Å². The molecule has 2 heterocycles. The Labute approximate surface area is 97.2 Å². The zero-order valence-electron chi connectivity index (χ0n) is 9.67. The van der Waals surface area contributed by atoms with Gasteiger partial charge in [-0.05, 0) is 26.2 Å². The molecule has 1 unspecified atom stereocenters. The van der Waals surface area contributed by atoms with Crippen LogP contribution in [0, 0.1) is 0 Å². The Morgan fingerprint density at radius 2 is 1.94 bits per heavy atom. The Bertz CT molecular complexity index is 344. The van der Waals surface area contributed by atoms with Gasteiger partial charge < -0.3 is 5.11 Å². The van der Waals surface area contributed by atoms with Gasteiger partial charge in [0.2, 0.25) is 0 Å². The smallest absolute Gasteiger partial charge is 0.282 e. The van der Waals surface area contributed by atoms with E-state index >= 15 is 0 Å². The molecule has 0 bridgehead atoms. The third kappa shape index (κ3) is 2.25. The van der Waals surface area contributed by atoms with Crippen LogP contribution >= 0.6 is 0 Å². The lowest BCUT2D eigenvalue weighted by Gasteiger charge is -2.35. The summed E-state index contributed by atoms with van der Waals surface area (Å²) >= 11 is 0. The second kappa shape index (κ2) is 4.60. The highest BCUT2D eigenvalue weighted by Crippen LogP contribution is 2.24. The summed E-state index contributed by atoms with van der Waals surface area (Å²) in [6.07, 6.45) is 3.06. The highest BCUT2D eigenvalue weighted by molar-refractivity contribution is 7.86. The zero-order chi connectivity index (χ0) is 11.8. The van der Waals surface area contributed by atoms with E-state index in [4.69, 9.17) is 0 Å². The van der Waals surface area contributed by atoms with Crippen LogP contribution in [0.4, 0.5) is 0 Å². The molecule has 2 saturated heterocycles. The summed E-state index contributed by atoms with van der Waals surface area (Å²) in [5.74, 6) is 0. The molecule has 0 aromatic rings. The molecule has 2 fully saturated rings. The summed E-state index contributed by atoms with van der Waals surface area (Å²) in [5.41, 5.74) is 0. The summed E-state index contributed by atoms with van der Waals surface area (Å²) in [7, 11) is -3.34. The number of rotatable bonds is 2. The van der Waals surface area contributed by atoms with Crippen molar-refractivity contribution in [2.45, 2.75) is 44.8 Å². The molecule has 2 atom stereocenters. The van der Waals surface area contributed by atoms with E-state index in [2.05, 4.69) is 0 Å². The number of piperidine rings is 1. The number of aliphatic hydroxyl groups excluding tert-OH is 1. The number of nitrogens with zero attached hydrogens (tertiary/aromatic N) is 2. The predicted molar refractivity (Wildman–Crippen MR) is 61.1 cm³/mol. The monoisotopic (exact) mass is 248 g/mol. The topological polar surface area (TPSA) is 60.9 Å². The predicted octanol–water partition coefficient (Wildman–Crippen LogP) is 0.172. The SMILES string of the molecule is CC1CCCCN1S(=O)(=O)N1CC[C@H](O)C1. The molecule has 2 rings (SSSR count). The molecule has 0 aromatic heterocycles. The van der Waals surface area contributed by atoms with Crippen LogP contribution in [0.25, 0.3) is 0 Å². The van der Waals surface area contributed by atoms with Gasteiger partial charge in [0.25, 0.3) is 10.2 Å². The lowest BCUT2D eigenvalue weighted by atomic mass is 10.1. The minimum Gasteiger partial charge on any atom is -0.392 e. The van der Waals surface area contributed by atoms with Crippen molar-refractivity contribution in [3.8, 4) is 0 Å². The van der Waals surface area contributed by atoms with Crippen molar-refractivity contribution < 1.29 is 13.5 Å². The average Bonchev–Trinajstić information content (AvgIpc) is 2.66. The molecule has 16 heavy (non-hydrogen) atoms. The van der Waals surface area contributed by atoms with Crippen molar-refractivity contribution in [1.82, 2.24) is 8.61 Å². The first kappa shape index (κ1) is 12.3. The summed E-state index contributed by atoms with van der Waals surface area (Å²) in [4.78, 5) is 0. The lowest BCUT2D eigenvalue weighted by molar-refractivity contribution is 0.185. The molecule has 0 radical (unpaired) electrons. The van der Waals surface area contributed by atoms with Gasteiger partial charge in [-0.2, -0.15) is 17.0 Å². The van der Waals surface area contributed by atoms with Gasteiger partial charge >= 0.3 is 0 Å². The first-order valence-corrected chi connectivity index (χ1v) is 7.36. The number of β-amino-alcohol motifs (C(OH)–C–C–N with tert-alkyl or cyclic N) is 1. The van der Waals surface area contributed by atoms with E-state index < -0.39 is 16.3 Å². The van der Waals surface area contributed by atoms with Gasteiger partial charge in [-0.3, -0.25) is 0 Å². The van der Waals surface area contributed by atoms with E-state index in [1.165, 1.54) is 4.31 Å². The van der Waals surface area contributed by atoms with Crippen molar-refractivity contribution in [1.29, 1.82) is 0 Å². The van der Waals surface area contributed by atoms with E-state index in [-0.39, 0.29) is 12.6 Å². The molecule has 2 aliphatic heterocycles. The molecule has 1 N–H and O–H groups in total. The Balaban J connectivity index is 2.11. The van der Waals surface area contributed by atoms with E-state index in [0.717, 1.165) is 19.3 Å². The Morgan fingerprint density at radius 1 is 1.19 bits per heavy atom. The molecular weight excluding hydrogens is 228 g/mol. The van der Waals surface area contributed by atoms with Gasteiger partial charge in [-0.15, -0.1) is 0 Å². The van der Waals surface area contributed by atoms with Crippen LogP contribution in [0.15, 0.2) is 0 Å². The molecule has 0 aromatic carbocycles. The van der Waals surface area contributed by atoms with Crippen molar-refractivity contribution in [3.63, 3.8) is 0 Å². The quantitative estimate of drug-likeness (QED) is 0.758. The van der Waals surface area contributed by atoms with Crippen LogP contribution in [-0.4, -0.2) is 53.9 Å². The first-order valence-electron chi connectivity index (χ1n) is 5.97. The summed E-state index contributed by atoms with van der Waals surface area (Å²) in [6.45, 7) is 3.29. The second-order valence-corrected chi connectivity index (χ2v) is 6.64. The second-order valence-electron chi connectivity index (χ2n) is 4.76. The maximum Gasteiger partial charge on any atom is 0.282 e. The number of aliphatic hydroxyl groups is 1. The maximum atomic E-state index is 12.3. The van der Waals surface area contributed by atoms with Crippen LogP contribution in [0.2, 0.25) is 0 Å². The highest BCUT2D eigenvalue weighted by Gasteiger charge is 2.37. The van der Waals surface area contributed by atoms with Gasteiger partial charge in [0.05, 0.1) is 6.10 Å². The molecule has 94 valence electrons. The zero-order valence-corrected chi connectivity index (χ0v) is 10.5. The lowest BCUT2D eigenvalue weighted by Crippen LogP contribution is -2.49. The minimum atomic E-state index is -3.34. The molecule has 0 saturated carbocycles. The van der Waals surface area contributed by atoms with Gasteiger partial charge in [-0.1, -0.05) is 6.42 Å². The van der Waals surface area contributed by atoms with E-state index in [0.29, 0.717) is 19.5 Å². The fraction of sp³-hybridized carbons (Fsp3) is 1.00.